The van der Waals surface area contributed by atoms with E-state index in [-0.39, 0.29) is 5.92 Å². The number of fused-ring (bicyclic) bond motifs is 1. The molecule has 0 amide bonds. The molecule has 0 saturated heterocycles. The number of anilines is 1. The standard InChI is InChI=1S/C17H18Cl2N4O2/c1-9(2)7-25-16(24)14-10(3)22-17-20-8-21-23(17)15(14)11-4-5-12(18)13(19)6-11/h4-6,8-9,15H,7H2,1-3H3,(H,20,21,22). The van der Waals surface area contributed by atoms with Crippen LogP contribution >= 0.6 is 23.2 Å². The van der Waals surface area contributed by atoms with Crippen molar-refractivity contribution in [3.05, 3.63) is 51.4 Å². The van der Waals surface area contributed by atoms with Crippen molar-refractivity contribution in [2.24, 2.45) is 5.92 Å². The fraction of sp³-hybridized carbons (Fsp3) is 0.353. The number of benzene rings is 1. The minimum Gasteiger partial charge on any atom is -0.462 e. The van der Waals surface area contributed by atoms with E-state index in [0.29, 0.717) is 33.9 Å². The number of esters is 1. The second-order valence-corrected chi connectivity index (χ2v) is 7.07. The second-order valence-electron chi connectivity index (χ2n) is 6.26. The number of hydrogen-bond acceptors (Lipinski definition) is 5. The van der Waals surface area contributed by atoms with Crippen LogP contribution in [-0.2, 0) is 9.53 Å². The van der Waals surface area contributed by atoms with Gasteiger partial charge >= 0.3 is 5.97 Å². The summed E-state index contributed by atoms with van der Waals surface area (Å²) in [5, 5.41) is 8.20. The lowest BCUT2D eigenvalue weighted by atomic mass is 9.96. The molecule has 1 atom stereocenters. The Balaban J connectivity index is 2.06. The summed E-state index contributed by atoms with van der Waals surface area (Å²) in [4.78, 5) is 16.9. The number of rotatable bonds is 4. The summed E-state index contributed by atoms with van der Waals surface area (Å²) in [6.07, 6.45) is 1.43. The van der Waals surface area contributed by atoms with Crippen molar-refractivity contribution in [2.45, 2.75) is 26.8 Å². The van der Waals surface area contributed by atoms with Crippen LogP contribution in [0.3, 0.4) is 0 Å². The third kappa shape index (κ3) is 3.50. The largest absolute Gasteiger partial charge is 0.462 e. The van der Waals surface area contributed by atoms with Crippen LogP contribution in [0, 0.1) is 5.92 Å². The Labute approximate surface area is 155 Å². The van der Waals surface area contributed by atoms with E-state index in [2.05, 4.69) is 15.4 Å². The van der Waals surface area contributed by atoms with Crippen LogP contribution in [0.4, 0.5) is 5.95 Å². The van der Waals surface area contributed by atoms with Crippen molar-refractivity contribution in [1.82, 2.24) is 14.8 Å². The lowest BCUT2D eigenvalue weighted by molar-refractivity contribution is -0.140. The summed E-state index contributed by atoms with van der Waals surface area (Å²) in [5.74, 6) is 0.400. The Morgan fingerprint density at radius 3 is 2.80 bits per heavy atom. The number of carbonyl (C=O) groups is 1. The molecule has 1 N–H and O–H groups in total. The molecule has 6 nitrogen and oxygen atoms in total. The van der Waals surface area contributed by atoms with E-state index in [0.717, 1.165) is 5.56 Å². The van der Waals surface area contributed by atoms with Crippen molar-refractivity contribution in [1.29, 1.82) is 0 Å². The molecule has 0 saturated carbocycles. The van der Waals surface area contributed by atoms with Gasteiger partial charge in [0.2, 0.25) is 5.95 Å². The average molecular weight is 381 g/mol. The lowest BCUT2D eigenvalue weighted by Crippen LogP contribution is -2.30. The molecule has 0 fully saturated rings. The Hall–Kier alpha value is -2.05. The zero-order valence-corrected chi connectivity index (χ0v) is 15.6. The van der Waals surface area contributed by atoms with Crippen molar-refractivity contribution >= 4 is 35.1 Å². The van der Waals surface area contributed by atoms with Crippen LogP contribution in [0.5, 0.6) is 0 Å². The minimum absolute atomic E-state index is 0.242. The van der Waals surface area contributed by atoms with Gasteiger partial charge in [-0.1, -0.05) is 43.1 Å². The third-order valence-corrected chi connectivity index (χ3v) is 4.56. The minimum atomic E-state index is -0.492. The molecule has 8 heteroatoms. The maximum Gasteiger partial charge on any atom is 0.338 e. The van der Waals surface area contributed by atoms with Gasteiger partial charge in [0.05, 0.1) is 22.2 Å². The molecule has 2 aromatic rings. The molecular formula is C17H18Cl2N4O2. The van der Waals surface area contributed by atoms with Crippen molar-refractivity contribution in [3.63, 3.8) is 0 Å². The van der Waals surface area contributed by atoms with Crippen molar-refractivity contribution in [2.75, 3.05) is 11.9 Å². The second kappa shape index (κ2) is 7.06. The van der Waals surface area contributed by atoms with Crippen LogP contribution < -0.4 is 5.32 Å². The van der Waals surface area contributed by atoms with E-state index < -0.39 is 12.0 Å². The first-order chi connectivity index (χ1) is 11.9. The summed E-state index contributed by atoms with van der Waals surface area (Å²) in [7, 11) is 0. The first kappa shape index (κ1) is 17.8. The first-order valence-electron chi connectivity index (χ1n) is 7.88. The summed E-state index contributed by atoms with van der Waals surface area (Å²) in [6, 6.07) is 4.75. The molecule has 1 unspecified atom stereocenters. The van der Waals surface area contributed by atoms with Gasteiger partial charge in [-0.2, -0.15) is 10.1 Å². The van der Waals surface area contributed by atoms with Crippen LogP contribution in [-0.4, -0.2) is 27.3 Å². The SMILES string of the molecule is CC1=C(C(=O)OCC(C)C)C(c2ccc(Cl)c(Cl)c2)n2ncnc2N1. The number of nitrogens with zero attached hydrogens (tertiary/aromatic N) is 3. The molecule has 0 radical (unpaired) electrons. The molecule has 1 aliphatic rings. The van der Waals surface area contributed by atoms with Gasteiger partial charge in [0.15, 0.2) is 0 Å². The van der Waals surface area contributed by atoms with Gasteiger partial charge in [0.25, 0.3) is 0 Å². The van der Waals surface area contributed by atoms with E-state index in [4.69, 9.17) is 27.9 Å². The predicted octanol–water partition coefficient (Wildman–Crippen LogP) is 4.07. The van der Waals surface area contributed by atoms with Gasteiger partial charge in [-0.15, -0.1) is 0 Å². The maximum atomic E-state index is 12.7. The average Bonchev–Trinajstić information content (AvgIpc) is 3.01. The molecule has 1 aliphatic heterocycles. The number of halogens is 2. The number of nitrogens with one attached hydrogen (secondary N) is 1. The fourth-order valence-electron chi connectivity index (χ4n) is 2.67. The van der Waals surface area contributed by atoms with Crippen LogP contribution in [0.15, 0.2) is 35.8 Å². The van der Waals surface area contributed by atoms with Gasteiger partial charge in [-0.25, -0.2) is 9.48 Å². The monoisotopic (exact) mass is 380 g/mol. The van der Waals surface area contributed by atoms with E-state index in [1.807, 2.05) is 26.8 Å². The molecule has 2 heterocycles. The van der Waals surface area contributed by atoms with Crippen LogP contribution in [0.25, 0.3) is 0 Å². The smallest absolute Gasteiger partial charge is 0.338 e. The van der Waals surface area contributed by atoms with E-state index >= 15 is 0 Å². The Morgan fingerprint density at radius 2 is 2.12 bits per heavy atom. The van der Waals surface area contributed by atoms with Crippen LogP contribution in [0.1, 0.15) is 32.4 Å². The molecule has 25 heavy (non-hydrogen) atoms. The lowest BCUT2D eigenvalue weighted by Gasteiger charge is -2.28. The summed E-state index contributed by atoms with van der Waals surface area (Å²) in [6.45, 7) is 6.13. The Bertz CT molecular complexity index is 845. The Morgan fingerprint density at radius 1 is 1.36 bits per heavy atom. The Kier molecular flexibility index (Phi) is 5.01. The third-order valence-electron chi connectivity index (χ3n) is 3.82. The molecule has 1 aromatic carbocycles. The summed E-state index contributed by atoms with van der Waals surface area (Å²) in [5.41, 5.74) is 1.92. The van der Waals surface area contributed by atoms with E-state index in [9.17, 15) is 4.79 Å². The van der Waals surface area contributed by atoms with Crippen molar-refractivity contribution < 1.29 is 9.53 Å². The highest BCUT2D eigenvalue weighted by atomic mass is 35.5. The maximum absolute atomic E-state index is 12.7. The predicted molar refractivity (Wildman–Crippen MR) is 96.7 cm³/mol. The normalized spacial score (nSPS) is 16.6. The van der Waals surface area contributed by atoms with Crippen molar-refractivity contribution in [3.8, 4) is 0 Å². The highest BCUT2D eigenvalue weighted by Gasteiger charge is 2.34. The topological polar surface area (TPSA) is 69.0 Å². The van der Waals surface area contributed by atoms with Gasteiger partial charge in [0.1, 0.15) is 12.4 Å². The van der Waals surface area contributed by atoms with Gasteiger partial charge < -0.3 is 10.1 Å². The van der Waals surface area contributed by atoms with E-state index in [1.165, 1.54) is 6.33 Å². The fourth-order valence-corrected chi connectivity index (χ4v) is 2.97. The zero-order valence-electron chi connectivity index (χ0n) is 14.1. The molecule has 0 bridgehead atoms. The van der Waals surface area contributed by atoms with E-state index in [1.54, 1.807) is 16.8 Å². The summed E-state index contributed by atoms with van der Waals surface area (Å²) < 4.78 is 7.09. The number of allylic oxidation sites excluding steroid dienone is 1. The highest BCUT2D eigenvalue weighted by Crippen LogP contribution is 2.37. The van der Waals surface area contributed by atoms with Gasteiger partial charge in [-0.05, 0) is 30.5 Å². The molecule has 0 spiro atoms. The molecule has 3 rings (SSSR count). The molecular weight excluding hydrogens is 363 g/mol. The molecule has 132 valence electrons. The molecule has 0 aliphatic carbocycles. The van der Waals surface area contributed by atoms with Crippen LogP contribution in [0.2, 0.25) is 10.0 Å². The molecule has 1 aromatic heterocycles. The number of aromatic nitrogens is 3. The number of hydrogen-bond donors (Lipinski definition) is 1. The highest BCUT2D eigenvalue weighted by molar-refractivity contribution is 6.42. The first-order valence-corrected chi connectivity index (χ1v) is 8.63. The zero-order chi connectivity index (χ0) is 18.1. The van der Waals surface area contributed by atoms with Gasteiger partial charge in [-0.3, -0.25) is 0 Å². The number of carbonyl (C=O) groups excluding carboxylic acids is 1. The number of ether oxygens (including phenoxy) is 1. The summed E-state index contributed by atoms with van der Waals surface area (Å²) >= 11 is 12.2. The van der Waals surface area contributed by atoms with Gasteiger partial charge in [0, 0.05) is 5.70 Å². The quantitative estimate of drug-likeness (QED) is 0.809.